The van der Waals surface area contributed by atoms with Crippen molar-refractivity contribution in [1.82, 2.24) is 15.1 Å². The van der Waals surface area contributed by atoms with Crippen molar-refractivity contribution in [1.29, 1.82) is 0 Å². The second kappa shape index (κ2) is 4.76. The molecule has 0 aliphatic heterocycles. The summed E-state index contributed by atoms with van der Waals surface area (Å²) < 4.78 is 1.59. The second-order valence-electron chi connectivity index (χ2n) is 3.28. The van der Waals surface area contributed by atoms with Crippen LogP contribution in [0.25, 0.3) is 0 Å². The van der Waals surface area contributed by atoms with Crippen molar-refractivity contribution in [2.24, 2.45) is 12.8 Å². The van der Waals surface area contributed by atoms with E-state index in [9.17, 15) is 4.79 Å². The average molecular weight is 196 g/mol. The first-order chi connectivity index (χ1) is 6.63. The van der Waals surface area contributed by atoms with Crippen LogP contribution >= 0.6 is 0 Å². The third kappa shape index (κ3) is 2.85. The summed E-state index contributed by atoms with van der Waals surface area (Å²) in [5.74, 6) is -0.123. The van der Waals surface area contributed by atoms with Crippen LogP contribution in [0.15, 0.2) is 12.4 Å². The van der Waals surface area contributed by atoms with Gasteiger partial charge in [-0.2, -0.15) is 5.10 Å². The van der Waals surface area contributed by atoms with Crippen molar-refractivity contribution < 1.29 is 4.79 Å². The number of hydrogen-bond donors (Lipinski definition) is 2. The van der Waals surface area contributed by atoms with Crippen LogP contribution in [-0.4, -0.2) is 28.3 Å². The average Bonchev–Trinajstić information content (AvgIpc) is 2.60. The molecule has 0 radical (unpaired) electrons. The molecular formula is C9H16N4O. The molecule has 0 bridgehead atoms. The van der Waals surface area contributed by atoms with E-state index >= 15 is 0 Å². The SMILES string of the molecule is CCC(N)CNC(=O)c1cnn(C)c1. The minimum Gasteiger partial charge on any atom is -0.350 e. The van der Waals surface area contributed by atoms with E-state index in [1.165, 1.54) is 6.20 Å². The standard InChI is InChI=1S/C9H16N4O/c1-3-8(10)5-11-9(14)7-4-12-13(2)6-7/h4,6,8H,3,5,10H2,1-2H3,(H,11,14). The summed E-state index contributed by atoms with van der Waals surface area (Å²) in [5, 5.41) is 6.66. The molecule has 1 aromatic rings. The number of nitrogens with two attached hydrogens (primary N) is 1. The molecule has 5 heteroatoms. The number of carbonyl (C=O) groups excluding carboxylic acids is 1. The summed E-state index contributed by atoms with van der Waals surface area (Å²) in [4.78, 5) is 11.5. The first-order valence-corrected chi connectivity index (χ1v) is 4.66. The highest BCUT2D eigenvalue weighted by Crippen LogP contribution is 1.95. The third-order valence-electron chi connectivity index (χ3n) is 2.02. The molecule has 0 aliphatic carbocycles. The number of rotatable bonds is 4. The molecule has 78 valence electrons. The van der Waals surface area contributed by atoms with E-state index in [4.69, 9.17) is 5.73 Å². The molecule has 0 aliphatic rings. The number of amides is 1. The van der Waals surface area contributed by atoms with Crippen LogP contribution in [-0.2, 0) is 7.05 Å². The van der Waals surface area contributed by atoms with Gasteiger partial charge in [0.1, 0.15) is 0 Å². The predicted octanol–water partition coefficient (Wildman–Crippen LogP) is -0.113. The van der Waals surface area contributed by atoms with Gasteiger partial charge in [0.2, 0.25) is 0 Å². The number of carbonyl (C=O) groups is 1. The van der Waals surface area contributed by atoms with Gasteiger partial charge < -0.3 is 11.1 Å². The zero-order valence-electron chi connectivity index (χ0n) is 8.53. The van der Waals surface area contributed by atoms with Crippen LogP contribution in [0.2, 0.25) is 0 Å². The Bertz CT molecular complexity index is 308. The van der Waals surface area contributed by atoms with Crippen molar-refractivity contribution in [3.8, 4) is 0 Å². The Hall–Kier alpha value is -1.36. The number of aryl methyl sites for hydroxylation is 1. The number of nitrogens with zero attached hydrogens (tertiary/aromatic N) is 2. The molecule has 0 saturated carbocycles. The van der Waals surface area contributed by atoms with Crippen LogP contribution in [0.4, 0.5) is 0 Å². The molecule has 1 rings (SSSR count). The molecule has 1 atom stereocenters. The van der Waals surface area contributed by atoms with E-state index in [0.29, 0.717) is 12.1 Å². The van der Waals surface area contributed by atoms with Gasteiger partial charge in [0.15, 0.2) is 0 Å². The van der Waals surface area contributed by atoms with Crippen molar-refractivity contribution in [2.45, 2.75) is 19.4 Å². The number of aromatic nitrogens is 2. The first kappa shape index (κ1) is 10.7. The lowest BCUT2D eigenvalue weighted by Gasteiger charge is -2.08. The van der Waals surface area contributed by atoms with E-state index in [2.05, 4.69) is 10.4 Å². The van der Waals surface area contributed by atoms with Gasteiger partial charge in [0.05, 0.1) is 11.8 Å². The second-order valence-corrected chi connectivity index (χ2v) is 3.28. The Labute approximate surface area is 83.3 Å². The fourth-order valence-electron chi connectivity index (χ4n) is 1.01. The Morgan fingerprint density at radius 3 is 3.00 bits per heavy atom. The van der Waals surface area contributed by atoms with Gasteiger partial charge in [0, 0.05) is 25.8 Å². The fourth-order valence-corrected chi connectivity index (χ4v) is 1.01. The molecular weight excluding hydrogens is 180 g/mol. The lowest BCUT2D eigenvalue weighted by Crippen LogP contribution is -2.36. The summed E-state index contributed by atoms with van der Waals surface area (Å²) >= 11 is 0. The zero-order valence-corrected chi connectivity index (χ0v) is 8.53. The molecule has 1 heterocycles. The van der Waals surface area contributed by atoms with Crippen molar-refractivity contribution in [2.75, 3.05) is 6.54 Å². The summed E-state index contributed by atoms with van der Waals surface area (Å²) in [6, 6.07) is 0.0237. The molecule has 3 N–H and O–H groups in total. The van der Waals surface area contributed by atoms with Gasteiger partial charge in [-0.1, -0.05) is 6.92 Å². The van der Waals surface area contributed by atoms with Crippen LogP contribution in [0, 0.1) is 0 Å². The van der Waals surface area contributed by atoms with Gasteiger partial charge >= 0.3 is 0 Å². The van der Waals surface area contributed by atoms with Crippen LogP contribution < -0.4 is 11.1 Å². The molecule has 1 aromatic heterocycles. The van der Waals surface area contributed by atoms with E-state index in [-0.39, 0.29) is 11.9 Å². The number of hydrogen-bond acceptors (Lipinski definition) is 3. The highest BCUT2D eigenvalue weighted by atomic mass is 16.1. The van der Waals surface area contributed by atoms with E-state index in [0.717, 1.165) is 6.42 Å². The van der Waals surface area contributed by atoms with E-state index in [1.54, 1.807) is 17.9 Å². The first-order valence-electron chi connectivity index (χ1n) is 4.66. The molecule has 5 nitrogen and oxygen atoms in total. The summed E-state index contributed by atoms with van der Waals surface area (Å²) in [7, 11) is 1.77. The van der Waals surface area contributed by atoms with Gasteiger partial charge in [-0.3, -0.25) is 9.48 Å². The number of nitrogens with one attached hydrogen (secondary N) is 1. The third-order valence-corrected chi connectivity index (χ3v) is 2.02. The van der Waals surface area contributed by atoms with Gasteiger partial charge in [-0.15, -0.1) is 0 Å². The minimum absolute atomic E-state index is 0.0237. The Morgan fingerprint density at radius 1 is 1.79 bits per heavy atom. The van der Waals surface area contributed by atoms with Crippen molar-refractivity contribution in [3.05, 3.63) is 18.0 Å². The largest absolute Gasteiger partial charge is 0.350 e. The molecule has 0 saturated heterocycles. The minimum atomic E-state index is -0.123. The van der Waals surface area contributed by atoms with Gasteiger partial charge in [-0.25, -0.2) is 0 Å². The molecule has 1 unspecified atom stereocenters. The van der Waals surface area contributed by atoms with E-state index < -0.39 is 0 Å². The maximum absolute atomic E-state index is 11.5. The predicted molar refractivity (Wildman–Crippen MR) is 53.8 cm³/mol. The molecule has 1 amide bonds. The summed E-state index contributed by atoms with van der Waals surface area (Å²) in [6.07, 6.45) is 4.06. The lowest BCUT2D eigenvalue weighted by atomic mass is 10.2. The highest BCUT2D eigenvalue weighted by Gasteiger charge is 2.08. The Morgan fingerprint density at radius 2 is 2.50 bits per heavy atom. The topological polar surface area (TPSA) is 72.9 Å². The van der Waals surface area contributed by atoms with E-state index in [1.807, 2.05) is 6.92 Å². The maximum Gasteiger partial charge on any atom is 0.254 e. The monoisotopic (exact) mass is 196 g/mol. The van der Waals surface area contributed by atoms with Gasteiger partial charge in [0.25, 0.3) is 5.91 Å². The molecule has 0 aromatic carbocycles. The maximum atomic E-state index is 11.5. The zero-order chi connectivity index (χ0) is 10.6. The van der Waals surface area contributed by atoms with Crippen molar-refractivity contribution in [3.63, 3.8) is 0 Å². The van der Waals surface area contributed by atoms with Crippen molar-refractivity contribution >= 4 is 5.91 Å². The van der Waals surface area contributed by atoms with Crippen LogP contribution in [0.1, 0.15) is 23.7 Å². The lowest BCUT2D eigenvalue weighted by molar-refractivity contribution is 0.0951. The Balaban J connectivity index is 2.43. The van der Waals surface area contributed by atoms with Crippen LogP contribution in [0.5, 0.6) is 0 Å². The molecule has 14 heavy (non-hydrogen) atoms. The quantitative estimate of drug-likeness (QED) is 0.705. The molecule has 0 spiro atoms. The highest BCUT2D eigenvalue weighted by molar-refractivity contribution is 5.93. The molecule has 0 fully saturated rings. The summed E-state index contributed by atoms with van der Waals surface area (Å²) in [6.45, 7) is 2.49. The van der Waals surface area contributed by atoms with Gasteiger partial charge in [-0.05, 0) is 6.42 Å². The Kier molecular flexibility index (Phi) is 3.64. The summed E-state index contributed by atoms with van der Waals surface area (Å²) in [5.41, 5.74) is 6.23. The smallest absolute Gasteiger partial charge is 0.254 e. The normalized spacial score (nSPS) is 12.5. The van der Waals surface area contributed by atoms with Crippen LogP contribution in [0.3, 0.4) is 0 Å². The fraction of sp³-hybridized carbons (Fsp3) is 0.556.